The monoisotopic (exact) mass is 320 g/mol. The van der Waals surface area contributed by atoms with Gasteiger partial charge >= 0.3 is 0 Å². The van der Waals surface area contributed by atoms with Crippen molar-refractivity contribution in [1.29, 1.82) is 0 Å². The van der Waals surface area contributed by atoms with Crippen LogP contribution in [0.5, 0.6) is 0 Å². The van der Waals surface area contributed by atoms with E-state index in [0.717, 1.165) is 0 Å². The van der Waals surface area contributed by atoms with E-state index in [1.807, 2.05) is 30.3 Å². The Morgan fingerprint density at radius 3 is 1.44 bits per heavy atom. The van der Waals surface area contributed by atoms with Crippen molar-refractivity contribution in [3.63, 3.8) is 0 Å². The van der Waals surface area contributed by atoms with Gasteiger partial charge in [-0.1, -0.05) is 30.3 Å². The molecule has 0 unspecified atom stereocenters. The maximum Gasteiger partial charge on any atom is 0 e. The number of rotatable bonds is 0. The van der Waals surface area contributed by atoms with Crippen molar-refractivity contribution in [2.45, 2.75) is 0 Å². The fourth-order valence-electron chi connectivity index (χ4n) is 0.342. The van der Waals surface area contributed by atoms with Gasteiger partial charge in [0.25, 0.3) is 0 Å². The first kappa shape index (κ1) is 16.0. The average molecular weight is 319 g/mol. The van der Waals surface area contributed by atoms with Crippen LogP contribution in [0.15, 0.2) is 30.3 Å². The van der Waals surface area contributed by atoms with E-state index in [1.165, 1.54) is 0 Å². The predicted molar refractivity (Wildman–Crippen MR) is 36.6 cm³/mol. The number of benzene rings is 1. The van der Waals surface area contributed by atoms with Crippen molar-refractivity contribution in [2.75, 3.05) is 0 Å². The van der Waals surface area contributed by atoms with Crippen molar-refractivity contribution in [3.8, 4) is 0 Å². The van der Waals surface area contributed by atoms with Gasteiger partial charge in [-0.15, -0.1) is 0 Å². The summed E-state index contributed by atoms with van der Waals surface area (Å²) in [5, 5.41) is 0. The summed E-state index contributed by atoms with van der Waals surface area (Å²) < 4.78 is 0. The second kappa shape index (κ2) is 10.9. The summed E-state index contributed by atoms with van der Waals surface area (Å²) in [7, 11) is 0. The van der Waals surface area contributed by atoms with Gasteiger partial charge < -0.3 is 11.0 Å². The van der Waals surface area contributed by atoms with E-state index in [0.29, 0.717) is 0 Å². The van der Waals surface area contributed by atoms with Gasteiger partial charge in [-0.25, -0.2) is 0 Å². The van der Waals surface area contributed by atoms with E-state index in [2.05, 4.69) is 6.07 Å². The van der Waals surface area contributed by atoms with Crippen LogP contribution in [0.3, 0.4) is 0 Å². The molecule has 49 valence electrons. The molecule has 1 aromatic rings. The Bertz CT molecular complexity index is 83.0. The largest absolute Gasteiger partial charge is 0.870 e. The first-order chi connectivity index (χ1) is 3.00. The molecule has 0 fully saturated rings. The molecule has 0 aliphatic rings. The van der Waals surface area contributed by atoms with Crippen molar-refractivity contribution < 1.29 is 11.0 Å². The smallest absolute Gasteiger partial charge is 0 e. The van der Waals surface area contributed by atoms with E-state index in [-0.39, 0.29) is 38.3 Å². The third-order valence-electron chi connectivity index (χ3n) is 0.607. The summed E-state index contributed by atoms with van der Waals surface area (Å²) in [6.07, 6.45) is 0. The SMILES string of the molecule is O.[OH-].[Pb].[c]1ccccc1. The molecule has 0 atom stereocenters. The molecule has 0 heterocycles. The fourth-order valence-corrected chi connectivity index (χ4v) is 0.342. The van der Waals surface area contributed by atoms with Gasteiger partial charge in [-0.05, 0) is 6.07 Å². The standard InChI is InChI=1S/C6H5.2H2O.Pb/c1-2-4-6-5-3-1;;;/h1-5H;2*1H2;/p-1. The minimum Gasteiger partial charge on any atom is -0.870 e. The van der Waals surface area contributed by atoms with Gasteiger partial charge in [0.15, 0.2) is 0 Å². The molecule has 2 nitrogen and oxygen atoms in total. The molecule has 0 aromatic heterocycles. The van der Waals surface area contributed by atoms with Crippen LogP contribution >= 0.6 is 0 Å². The van der Waals surface area contributed by atoms with Crippen molar-refractivity contribution in [2.24, 2.45) is 0 Å². The Labute approximate surface area is 74.7 Å². The van der Waals surface area contributed by atoms with E-state index in [9.17, 15) is 0 Å². The zero-order valence-corrected chi connectivity index (χ0v) is 8.72. The number of hydrogen-bond donors (Lipinski definition) is 0. The zero-order valence-electron chi connectivity index (χ0n) is 4.83. The maximum absolute atomic E-state index is 2.89. The Hall–Kier alpha value is 0.0621. The minimum atomic E-state index is 0. The Morgan fingerprint density at radius 1 is 0.889 bits per heavy atom. The Morgan fingerprint density at radius 2 is 1.33 bits per heavy atom. The van der Waals surface area contributed by atoms with Crippen LogP contribution in [0.4, 0.5) is 0 Å². The average Bonchev–Trinajstić information content (AvgIpc) is 1.72. The number of hydrogen-bond acceptors (Lipinski definition) is 1. The predicted octanol–water partition coefficient (Wildman–Crippen LogP) is 0.104. The molecule has 9 heavy (non-hydrogen) atoms. The summed E-state index contributed by atoms with van der Waals surface area (Å²) in [5.74, 6) is 0. The van der Waals surface area contributed by atoms with Crippen LogP contribution < -0.4 is 0 Å². The minimum absolute atomic E-state index is 0. The van der Waals surface area contributed by atoms with E-state index in [4.69, 9.17) is 0 Å². The molecular formula is C6H8O2Pb-. The van der Waals surface area contributed by atoms with Gasteiger partial charge in [0.2, 0.25) is 0 Å². The summed E-state index contributed by atoms with van der Waals surface area (Å²) in [6.45, 7) is 0. The molecule has 0 saturated heterocycles. The second-order valence-electron chi connectivity index (χ2n) is 1.08. The summed E-state index contributed by atoms with van der Waals surface area (Å²) in [5.41, 5.74) is 0. The van der Waals surface area contributed by atoms with Crippen LogP contribution in [0.2, 0.25) is 0 Å². The third-order valence-corrected chi connectivity index (χ3v) is 0.607. The molecule has 1 aromatic carbocycles. The maximum atomic E-state index is 2.89. The third kappa shape index (κ3) is 8.06. The molecule has 3 N–H and O–H groups in total. The zero-order chi connectivity index (χ0) is 4.24. The Kier molecular flexibility index (Phi) is 19.5. The van der Waals surface area contributed by atoms with E-state index >= 15 is 0 Å². The van der Waals surface area contributed by atoms with Gasteiger partial charge in [-0.3, -0.25) is 0 Å². The molecule has 0 spiro atoms. The molecule has 0 amide bonds. The summed E-state index contributed by atoms with van der Waals surface area (Å²) in [4.78, 5) is 0. The first-order valence-electron chi connectivity index (χ1n) is 1.91. The topological polar surface area (TPSA) is 61.5 Å². The van der Waals surface area contributed by atoms with Gasteiger partial charge in [-0.2, -0.15) is 0 Å². The molecule has 0 saturated carbocycles. The molecular weight excluding hydrogens is 311 g/mol. The van der Waals surface area contributed by atoms with Crippen LogP contribution in [0, 0.1) is 6.07 Å². The molecule has 5 radical (unpaired) electrons. The summed E-state index contributed by atoms with van der Waals surface area (Å²) in [6, 6.07) is 12.5. The van der Waals surface area contributed by atoms with Crippen molar-refractivity contribution >= 4 is 27.3 Å². The van der Waals surface area contributed by atoms with Crippen LogP contribution in [0.25, 0.3) is 0 Å². The molecule has 3 heteroatoms. The quantitative estimate of drug-likeness (QED) is 0.626. The van der Waals surface area contributed by atoms with E-state index in [1.54, 1.807) is 0 Å². The Balaban J connectivity index is -0.000000120. The van der Waals surface area contributed by atoms with Gasteiger partial charge in [0.1, 0.15) is 0 Å². The second-order valence-corrected chi connectivity index (χ2v) is 1.08. The first-order valence-corrected chi connectivity index (χ1v) is 1.91. The van der Waals surface area contributed by atoms with Crippen LogP contribution in [-0.2, 0) is 0 Å². The van der Waals surface area contributed by atoms with Gasteiger partial charge in [0.05, 0.1) is 0 Å². The molecule has 0 aliphatic carbocycles. The van der Waals surface area contributed by atoms with Crippen molar-refractivity contribution in [3.05, 3.63) is 36.4 Å². The van der Waals surface area contributed by atoms with Crippen LogP contribution in [0.1, 0.15) is 0 Å². The van der Waals surface area contributed by atoms with E-state index < -0.39 is 0 Å². The summed E-state index contributed by atoms with van der Waals surface area (Å²) >= 11 is 0. The van der Waals surface area contributed by atoms with Crippen molar-refractivity contribution in [1.82, 2.24) is 0 Å². The fraction of sp³-hybridized carbons (Fsp3) is 0. The normalized spacial score (nSPS) is 5.33. The van der Waals surface area contributed by atoms with Crippen LogP contribution in [-0.4, -0.2) is 38.3 Å². The molecule has 0 aliphatic heterocycles. The molecule has 1 rings (SSSR count). The molecule has 0 bridgehead atoms. The van der Waals surface area contributed by atoms with Gasteiger partial charge in [0, 0.05) is 27.3 Å².